The maximum atomic E-state index is 6.04. The molecular formula is C18H17N5. The molecule has 114 valence electrons. The van der Waals surface area contributed by atoms with Crippen LogP contribution >= 0.6 is 0 Å². The van der Waals surface area contributed by atoms with Crippen molar-refractivity contribution in [2.24, 2.45) is 0 Å². The van der Waals surface area contributed by atoms with Gasteiger partial charge in [-0.2, -0.15) is 0 Å². The summed E-state index contributed by atoms with van der Waals surface area (Å²) in [5, 5.41) is 0. The third-order valence-corrected chi connectivity index (χ3v) is 3.47. The first-order valence-corrected chi connectivity index (χ1v) is 7.17. The van der Waals surface area contributed by atoms with Crippen LogP contribution in [0, 0.1) is 6.92 Å². The number of anilines is 1. The predicted octanol–water partition coefficient (Wildman–Crippen LogP) is 3.60. The van der Waals surface area contributed by atoms with Gasteiger partial charge >= 0.3 is 0 Å². The van der Waals surface area contributed by atoms with Gasteiger partial charge in [0.2, 0.25) is 0 Å². The van der Waals surface area contributed by atoms with Crippen LogP contribution in [0.2, 0.25) is 0 Å². The van der Waals surface area contributed by atoms with Crippen molar-refractivity contribution in [3.63, 3.8) is 0 Å². The van der Waals surface area contributed by atoms with Gasteiger partial charge in [-0.25, -0.2) is 15.0 Å². The van der Waals surface area contributed by atoms with Crippen molar-refractivity contribution in [2.45, 2.75) is 6.92 Å². The molecule has 0 saturated carbocycles. The maximum absolute atomic E-state index is 6.04. The van der Waals surface area contributed by atoms with Gasteiger partial charge in [-0.1, -0.05) is 19.2 Å². The molecule has 23 heavy (non-hydrogen) atoms. The average Bonchev–Trinajstić information content (AvgIpc) is 2.91. The van der Waals surface area contributed by atoms with Gasteiger partial charge in [-0.05, 0) is 42.8 Å². The lowest BCUT2D eigenvalue weighted by Gasteiger charge is -2.10. The minimum Gasteiger partial charge on any atom is -0.383 e. The molecule has 3 rings (SSSR count). The molecule has 0 atom stereocenters. The average molecular weight is 303 g/mol. The number of nitrogen functional groups attached to an aromatic ring is 1. The molecule has 5 nitrogen and oxygen atoms in total. The topological polar surface area (TPSA) is 69.6 Å². The van der Waals surface area contributed by atoms with Crippen molar-refractivity contribution in [2.75, 3.05) is 5.73 Å². The van der Waals surface area contributed by atoms with Crippen molar-refractivity contribution in [1.82, 2.24) is 19.5 Å². The Labute approximate surface area is 134 Å². The summed E-state index contributed by atoms with van der Waals surface area (Å²) in [5.74, 6) is 1.10. The zero-order chi connectivity index (χ0) is 16.4. The van der Waals surface area contributed by atoms with Crippen LogP contribution in [-0.2, 0) is 0 Å². The fourth-order valence-electron chi connectivity index (χ4n) is 2.45. The summed E-state index contributed by atoms with van der Waals surface area (Å²) < 4.78 is 1.91. The molecule has 0 fully saturated rings. The van der Waals surface area contributed by atoms with Crippen molar-refractivity contribution in [1.29, 1.82) is 0 Å². The van der Waals surface area contributed by atoms with E-state index in [-0.39, 0.29) is 0 Å². The normalized spacial score (nSPS) is 11.6. The van der Waals surface area contributed by atoms with E-state index in [2.05, 4.69) is 23.1 Å². The van der Waals surface area contributed by atoms with Crippen LogP contribution in [0.3, 0.4) is 0 Å². The zero-order valence-corrected chi connectivity index (χ0v) is 12.9. The number of fused-ring (bicyclic) bond motifs is 1. The summed E-state index contributed by atoms with van der Waals surface area (Å²) in [6.45, 7) is 9.62. The highest BCUT2D eigenvalue weighted by Crippen LogP contribution is 2.30. The first-order valence-electron chi connectivity index (χ1n) is 7.17. The Morgan fingerprint density at radius 3 is 2.83 bits per heavy atom. The van der Waals surface area contributed by atoms with Gasteiger partial charge in [-0.3, -0.25) is 4.57 Å². The van der Waals surface area contributed by atoms with E-state index in [9.17, 15) is 0 Å². The molecule has 3 heterocycles. The van der Waals surface area contributed by atoms with Gasteiger partial charge < -0.3 is 5.73 Å². The number of allylic oxidation sites excluding steroid dienone is 4. The highest BCUT2D eigenvalue weighted by Gasteiger charge is 2.17. The van der Waals surface area contributed by atoms with Gasteiger partial charge in [0, 0.05) is 18.1 Å². The summed E-state index contributed by atoms with van der Waals surface area (Å²) in [5.41, 5.74) is 10.2. The summed E-state index contributed by atoms with van der Waals surface area (Å²) in [7, 11) is 0. The molecular weight excluding hydrogens is 286 g/mol. The fourth-order valence-corrected chi connectivity index (χ4v) is 2.45. The molecule has 2 N–H and O–H groups in total. The van der Waals surface area contributed by atoms with E-state index in [4.69, 9.17) is 10.7 Å². The van der Waals surface area contributed by atoms with E-state index < -0.39 is 0 Å². The summed E-state index contributed by atoms with van der Waals surface area (Å²) in [4.78, 5) is 13.4. The van der Waals surface area contributed by atoms with E-state index in [1.54, 1.807) is 18.3 Å². The van der Waals surface area contributed by atoms with E-state index in [0.717, 1.165) is 28.0 Å². The molecule has 0 aliphatic rings. The first-order chi connectivity index (χ1) is 11.2. The van der Waals surface area contributed by atoms with Crippen LogP contribution in [0.4, 0.5) is 5.82 Å². The quantitative estimate of drug-likeness (QED) is 0.748. The molecule has 5 heteroatoms. The third kappa shape index (κ3) is 2.53. The standard InChI is InChI=1S/C18H17N5/c1-4-7-13(5-2)23-17(14-8-6-9-20-16(14)19)22-15-10-12(3)11-21-18(15)23/h4-11H,1-2H2,3H3,(H2,19,20)/b13-7+. The van der Waals surface area contributed by atoms with Gasteiger partial charge in [0.1, 0.15) is 11.3 Å². The molecule has 0 aliphatic heterocycles. The van der Waals surface area contributed by atoms with Gasteiger partial charge in [0.25, 0.3) is 0 Å². The van der Waals surface area contributed by atoms with Crippen molar-refractivity contribution in [3.05, 3.63) is 67.5 Å². The van der Waals surface area contributed by atoms with E-state index in [0.29, 0.717) is 11.6 Å². The second-order valence-electron chi connectivity index (χ2n) is 5.09. The first kappa shape index (κ1) is 14.7. The lowest BCUT2D eigenvalue weighted by atomic mass is 10.2. The zero-order valence-electron chi connectivity index (χ0n) is 12.9. The number of rotatable bonds is 4. The highest BCUT2D eigenvalue weighted by atomic mass is 15.1. The number of aromatic nitrogens is 4. The number of hydrogen-bond donors (Lipinski definition) is 1. The number of imidazole rings is 1. The Bertz CT molecular complexity index is 934. The van der Waals surface area contributed by atoms with Crippen LogP contribution < -0.4 is 5.73 Å². The van der Waals surface area contributed by atoms with Crippen molar-refractivity contribution in [3.8, 4) is 11.4 Å². The SMILES string of the molecule is C=C/C=C(\C=C)n1c(-c2cccnc2N)nc2cc(C)cnc21. The lowest BCUT2D eigenvalue weighted by Crippen LogP contribution is -2.02. The third-order valence-electron chi connectivity index (χ3n) is 3.47. The molecule has 3 aromatic rings. The molecule has 0 bridgehead atoms. The summed E-state index contributed by atoms with van der Waals surface area (Å²) >= 11 is 0. The molecule has 3 aromatic heterocycles. The number of pyridine rings is 2. The highest BCUT2D eigenvalue weighted by molar-refractivity contribution is 5.86. The lowest BCUT2D eigenvalue weighted by molar-refractivity contribution is 1.11. The second kappa shape index (κ2) is 5.88. The molecule has 0 amide bonds. The smallest absolute Gasteiger partial charge is 0.164 e. The van der Waals surface area contributed by atoms with Crippen LogP contribution in [0.5, 0.6) is 0 Å². The van der Waals surface area contributed by atoms with Crippen molar-refractivity contribution < 1.29 is 0 Å². The second-order valence-corrected chi connectivity index (χ2v) is 5.09. The Hall–Kier alpha value is -3.21. The minimum atomic E-state index is 0.419. The molecule has 0 radical (unpaired) electrons. The molecule has 0 saturated heterocycles. The molecule has 0 spiro atoms. The Morgan fingerprint density at radius 2 is 2.13 bits per heavy atom. The number of nitrogens with zero attached hydrogens (tertiary/aromatic N) is 4. The maximum Gasteiger partial charge on any atom is 0.164 e. The number of nitrogens with two attached hydrogens (primary N) is 1. The van der Waals surface area contributed by atoms with Crippen LogP contribution in [0.25, 0.3) is 28.2 Å². The van der Waals surface area contributed by atoms with Crippen molar-refractivity contribution >= 4 is 22.7 Å². The molecule has 0 unspecified atom stereocenters. The fraction of sp³-hybridized carbons (Fsp3) is 0.0556. The van der Waals surface area contributed by atoms with Crippen LogP contribution in [0.15, 0.2) is 62.0 Å². The van der Waals surface area contributed by atoms with E-state index in [1.807, 2.05) is 42.0 Å². The van der Waals surface area contributed by atoms with Gasteiger partial charge in [-0.15, -0.1) is 0 Å². The Kier molecular flexibility index (Phi) is 3.76. The van der Waals surface area contributed by atoms with E-state index in [1.165, 1.54) is 0 Å². The van der Waals surface area contributed by atoms with E-state index >= 15 is 0 Å². The van der Waals surface area contributed by atoms with Crippen LogP contribution in [0.1, 0.15) is 5.56 Å². The van der Waals surface area contributed by atoms with Crippen LogP contribution in [-0.4, -0.2) is 19.5 Å². The number of aryl methyl sites for hydroxylation is 1. The largest absolute Gasteiger partial charge is 0.383 e. The van der Waals surface area contributed by atoms with Gasteiger partial charge in [0.15, 0.2) is 11.5 Å². The minimum absolute atomic E-state index is 0.419. The van der Waals surface area contributed by atoms with Gasteiger partial charge in [0.05, 0.1) is 5.56 Å². The number of hydrogen-bond acceptors (Lipinski definition) is 4. The monoisotopic (exact) mass is 303 g/mol. The molecule has 0 aromatic carbocycles. The summed E-state index contributed by atoms with van der Waals surface area (Å²) in [6, 6.07) is 5.71. The summed E-state index contributed by atoms with van der Waals surface area (Å²) in [6.07, 6.45) is 8.76. The molecule has 0 aliphatic carbocycles. The Morgan fingerprint density at radius 1 is 1.30 bits per heavy atom. The Balaban J connectivity index is 2.41. The predicted molar refractivity (Wildman–Crippen MR) is 94.6 cm³/mol.